The molecule has 1 amide bonds. The number of rotatable bonds is 1. The average Bonchev–Trinajstić information content (AvgIpc) is 2.56. The molecular formula is C11H14Cl2N2O2. The average molecular weight is 277 g/mol. The summed E-state index contributed by atoms with van der Waals surface area (Å²) in [6.45, 7) is 3.71. The molecule has 0 unspecified atom stereocenters. The molecule has 1 aliphatic rings. The van der Waals surface area contributed by atoms with E-state index in [-0.39, 0.29) is 12.0 Å². The van der Waals surface area contributed by atoms with E-state index in [4.69, 9.17) is 27.9 Å². The summed E-state index contributed by atoms with van der Waals surface area (Å²) in [5.41, 5.74) is 0.508. The van der Waals surface area contributed by atoms with E-state index in [9.17, 15) is 4.79 Å². The highest BCUT2D eigenvalue weighted by atomic mass is 35.5. The van der Waals surface area contributed by atoms with Crippen molar-refractivity contribution < 1.29 is 9.53 Å². The zero-order chi connectivity index (χ0) is 12.6. The van der Waals surface area contributed by atoms with Crippen LogP contribution in [0.3, 0.4) is 0 Å². The van der Waals surface area contributed by atoms with Gasteiger partial charge in [-0.3, -0.25) is 4.79 Å². The lowest BCUT2D eigenvalue weighted by molar-refractivity contribution is -0.0127. The fourth-order valence-electron chi connectivity index (χ4n) is 1.91. The van der Waals surface area contributed by atoms with E-state index in [1.807, 2.05) is 6.92 Å². The largest absolute Gasteiger partial charge is 0.375 e. The van der Waals surface area contributed by atoms with E-state index in [2.05, 4.69) is 0 Å². The fraction of sp³-hybridized carbons (Fsp3) is 0.545. The van der Waals surface area contributed by atoms with E-state index >= 15 is 0 Å². The summed E-state index contributed by atoms with van der Waals surface area (Å²) >= 11 is 11.8. The second-order valence-electron chi connectivity index (χ2n) is 4.16. The monoisotopic (exact) mass is 276 g/mol. The molecule has 0 aliphatic carbocycles. The Balaban J connectivity index is 2.21. The van der Waals surface area contributed by atoms with Crippen molar-refractivity contribution in [2.75, 3.05) is 19.7 Å². The Morgan fingerprint density at radius 1 is 1.53 bits per heavy atom. The lowest BCUT2D eigenvalue weighted by Gasteiger charge is -2.31. The van der Waals surface area contributed by atoms with E-state index in [1.165, 1.54) is 0 Å². The number of hydrogen-bond acceptors (Lipinski definition) is 2. The Bertz CT molecular complexity index is 445. The van der Waals surface area contributed by atoms with Gasteiger partial charge in [-0.15, -0.1) is 0 Å². The van der Waals surface area contributed by atoms with Gasteiger partial charge in [-0.05, 0) is 13.0 Å². The smallest absolute Gasteiger partial charge is 0.270 e. The van der Waals surface area contributed by atoms with Crippen LogP contribution in [0.25, 0.3) is 0 Å². The molecule has 0 spiro atoms. The third-order valence-corrected chi connectivity index (χ3v) is 3.71. The molecule has 1 aromatic rings. The molecule has 1 fully saturated rings. The maximum absolute atomic E-state index is 12.3. The number of nitrogens with zero attached hydrogens (tertiary/aromatic N) is 2. The van der Waals surface area contributed by atoms with Crippen LogP contribution in [0.1, 0.15) is 17.4 Å². The molecule has 94 valence electrons. The van der Waals surface area contributed by atoms with Gasteiger partial charge in [-0.1, -0.05) is 23.2 Å². The van der Waals surface area contributed by atoms with Crippen molar-refractivity contribution in [1.29, 1.82) is 0 Å². The van der Waals surface area contributed by atoms with Crippen LogP contribution in [0.15, 0.2) is 6.07 Å². The lowest BCUT2D eigenvalue weighted by atomic mass is 10.2. The molecule has 2 rings (SSSR count). The van der Waals surface area contributed by atoms with Crippen molar-refractivity contribution >= 4 is 29.1 Å². The molecular weight excluding hydrogens is 263 g/mol. The summed E-state index contributed by atoms with van der Waals surface area (Å²) in [5, 5.41) is 0.787. The SMILES string of the molecule is C[C@@H]1CN(C(=O)c2cc(Cl)c(Cl)n2C)CCO1. The summed E-state index contributed by atoms with van der Waals surface area (Å²) in [5.74, 6) is -0.0588. The number of halogens is 2. The van der Waals surface area contributed by atoms with Crippen molar-refractivity contribution in [2.24, 2.45) is 7.05 Å². The third-order valence-electron chi connectivity index (χ3n) is 2.86. The first-order chi connectivity index (χ1) is 8.00. The Morgan fingerprint density at radius 3 is 2.76 bits per heavy atom. The minimum atomic E-state index is -0.0588. The number of carbonyl (C=O) groups is 1. The molecule has 1 aliphatic heterocycles. The summed E-state index contributed by atoms with van der Waals surface area (Å²) in [6.07, 6.45) is 0.0684. The highest BCUT2D eigenvalue weighted by molar-refractivity contribution is 6.41. The minimum Gasteiger partial charge on any atom is -0.375 e. The first-order valence-electron chi connectivity index (χ1n) is 5.42. The van der Waals surface area contributed by atoms with Gasteiger partial charge in [-0.25, -0.2) is 0 Å². The van der Waals surface area contributed by atoms with Gasteiger partial charge in [0.25, 0.3) is 5.91 Å². The summed E-state index contributed by atoms with van der Waals surface area (Å²) < 4.78 is 7.00. The van der Waals surface area contributed by atoms with Gasteiger partial charge in [0.05, 0.1) is 17.7 Å². The number of carbonyl (C=O) groups excluding carboxylic acids is 1. The number of ether oxygens (including phenoxy) is 1. The van der Waals surface area contributed by atoms with Crippen molar-refractivity contribution in [3.8, 4) is 0 Å². The highest BCUT2D eigenvalue weighted by Crippen LogP contribution is 2.26. The highest BCUT2D eigenvalue weighted by Gasteiger charge is 2.25. The molecule has 1 atom stereocenters. The summed E-state index contributed by atoms with van der Waals surface area (Å²) in [4.78, 5) is 14.0. The van der Waals surface area contributed by atoms with Crippen molar-refractivity contribution in [3.63, 3.8) is 0 Å². The number of aromatic nitrogens is 1. The maximum atomic E-state index is 12.3. The van der Waals surface area contributed by atoms with Gasteiger partial charge in [0.1, 0.15) is 10.8 Å². The van der Waals surface area contributed by atoms with Gasteiger partial charge < -0.3 is 14.2 Å². The third kappa shape index (κ3) is 2.44. The van der Waals surface area contributed by atoms with Crippen molar-refractivity contribution in [1.82, 2.24) is 9.47 Å². The van der Waals surface area contributed by atoms with E-state index < -0.39 is 0 Å². The van der Waals surface area contributed by atoms with Crippen LogP contribution in [-0.4, -0.2) is 41.2 Å². The minimum absolute atomic E-state index is 0.0588. The van der Waals surface area contributed by atoms with E-state index in [0.717, 1.165) is 0 Å². The fourth-order valence-corrected chi connectivity index (χ4v) is 2.29. The molecule has 0 radical (unpaired) electrons. The summed E-state index contributed by atoms with van der Waals surface area (Å²) in [6, 6.07) is 1.60. The van der Waals surface area contributed by atoms with Crippen LogP contribution >= 0.6 is 23.2 Å². The first kappa shape index (κ1) is 12.7. The molecule has 17 heavy (non-hydrogen) atoms. The quantitative estimate of drug-likeness (QED) is 0.788. The van der Waals surface area contributed by atoms with Crippen LogP contribution in [0.5, 0.6) is 0 Å². The Labute approximate surface area is 110 Å². The van der Waals surface area contributed by atoms with Gasteiger partial charge in [-0.2, -0.15) is 0 Å². The predicted octanol–water partition coefficient (Wildman–Crippen LogP) is 2.19. The Hall–Kier alpha value is -0.710. The predicted molar refractivity (Wildman–Crippen MR) is 66.8 cm³/mol. The molecule has 1 saturated heterocycles. The lowest BCUT2D eigenvalue weighted by Crippen LogP contribution is -2.45. The molecule has 0 bridgehead atoms. The molecule has 1 aromatic heterocycles. The Morgan fingerprint density at radius 2 is 2.24 bits per heavy atom. The van der Waals surface area contributed by atoms with Crippen molar-refractivity contribution in [3.05, 3.63) is 21.9 Å². The standard InChI is InChI=1S/C11H14Cl2N2O2/c1-7-6-15(3-4-17-7)11(16)9-5-8(12)10(13)14(9)2/h5,7H,3-4,6H2,1-2H3/t7-/m1/s1. The zero-order valence-corrected chi connectivity index (χ0v) is 11.3. The van der Waals surface area contributed by atoms with Crippen LogP contribution in [0, 0.1) is 0 Å². The summed E-state index contributed by atoms with van der Waals surface area (Å²) in [7, 11) is 1.73. The molecule has 6 heteroatoms. The van der Waals surface area contributed by atoms with Crippen LogP contribution in [-0.2, 0) is 11.8 Å². The first-order valence-corrected chi connectivity index (χ1v) is 6.18. The van der Waals surface area contributed by atoms with Gasteiger partial charge >= 0.3 is 0 Å². The maximum Gasteiger partial charge on any atom is 0.270 e. The van der Waals surface area contributed by atoms with Crippen LogP contribution in [0.2, 0.25) is 10.2 Å². The van der Waals surface area contributed by atoms with Gasteiger partial charge in [0.15, 0.2) is 0 Å². The van der Waals surface area contributed by atoms with Gasteiger partial charge in [0.2, 0.25) is 0 Å². The number of morpholine rings is 1. The molecule has 0 saturated carbocycles. The second-order valence-corrected chi connectivity index (χ2v) is 4.93. The molecule has 4 nitrogen and oxygen atoms in total. The van der Waals surface area contributed by atoms with Crippen LogP contribution < -0.4 is 0 Å². The number of hydrogen-bond donors (Lipinski definition) is 0. The van der Waals surface area contributed by atoms with Crippen molar-refractivity contribution in [2.45, 2.75) is 13.0 Å². The topological polar surface area (TPSA) is 34.5 Å². The van der Waals surface area contributed by atoms with E-state index in [0.29, 0.717) is 35.6 Å². The Kier molecular flexibility index (Phi) is 3.66. The van der Waals surface area contributed by atoms with E-state index in [1.54, 1.807) is 22.6 Å². The van der Waals surface area contributed by atoms with Gasteiger partial charge in [0, 0.05) is 20.1 Å². The zero-order valence-electron chi connectivity index (χ0n) is 9.74. The normalized spacial score (nSPS) is 20.7. The van der Waals surface area contributed by atoms with Crippen LogP contribution in [0.4, 0.5) is 0 Å². The second kappa shape index (κ2) is 4.88. The molecule has 0 aromatic carbocycles. The number of amides is 1. The molecule has 0 N–H and O–H groups in total. The molecule has 2 heterocycles.